The van der Waals surface area contributed by atoms with Crippen LogP contribution < -0.4 is 5.32 Å². The zero-order chi connectivity index (χ0) is 9.68. The van der Waals surface area contributed by atoms with Gasteiger partial charge in [0, 0.05) is 37.0 Å². The third-order valence-corrected chi connectivity index (χ3v) is 1.79. The summed E-state index contributed by atoms with van der Waals surface area (Å²) in [5.74, 6) is 0.910. The molecular formula is C10H17N3. The Hall–Kier alpha value is -0.960. The second-order valence-electron chi connectivity index (χ2n) is 3.40. The molecule has 0 saturated heterocycles. The van der Waals surface area contributed by atoms with Gasteiger partial charge in [-0.3, -0.25) is 0 Å². The lowest BCUT2D eigenvalue weighted by molar-refractivity contribution is 0.586. The van der Waals surface area contributed by atoms with Gasteiger partial charge in [0.2, 0.25) is 0 Å². The van der Waals surface area contributed by atoms with Gasteiger partial charge in [0.15, 0.2) is 0 Å². The normalized spacial score (nSPS) is 10.8. The van der Waals surface area contributed by atoms with E-state index in [1.165, 1.54) is 0 Å². The van der Waals surface area contributed by atoms with Gasteiger partial charge in [0.05, 0.1) is 0 Å². The molecule has 1 heterocycles. The maximum absolute atomic E-state index is 4.22. The summed E-state index contributed by atoms with van der Waals surface area (Å²) in [5, 5.41) is 3.32. The van der Waals surface area contributed by atoms with Crippen LogP contribution in [-0.4, -0.2) is 16.0 Å². The average Bonchev–Trinajstić information content (AvgIpc) is 2.15. The maximum Gasteiger partial charge on any atom is 0.127 e. The second kappa shape index (κ2) is 4.92. The predicted octanol–water partition coefficient (Wildman–Crippen LogP) is 1.54. The Balaban J connectivity index is 2.49. The van der Waals surface area contributed by atoms with Gasteiger partial charge in [-0.1, -0.05) is 20.8 Å². The lowest BCUT2D eigenvalue weighted by Crippen LogP contribution is -2.22. The number of nitrogens with one attached hydrogen (secondary N) is 1. The van der Waals surface area contributed by atoms with Crippen LogP contribution in [0.25, 0.3) is 0 Å². The highest BCUT2D eigenvalue weighted by Crippen LogP contribution is 1.96. The standard InChI is InChI=1S/C10H17N3/c1-4-10-12-6-9(7-13-10)5-11-8(2)3/h6-8,11H,4-5H2,1-3H3. The van der Waals surface area contributed by atoms with E-state index in [1.807, 2.05) is 12.4 Å². The highest BCUT2D eigenvalue weighted by molar-refractivity contribution is 5.04. The molecule has 0 atom stereocenters. The minimum atomic E-state index is 0.505. The Bertz CT molecular complexity index is 241. The van der Waals surface area contributed by atoms with Crippen molar-refractivity contribution in [2.75, 3.05) is 0 Å². The zero-order valence-corrected chi connectivity index (χ0v) is 8.54. The SMILES string of the molecule is CCc1ncc(CNC(C)C)cn1. The first-order valence-corrected chi connectivity index (χ1v) is 4.75. The van der Waals surface area contributed by atoms with Gasteiger partial charge in [-0.15, -0.1) is 0 Å². The summed E-state index contributed by atoms with van der Waals surface area (Å²) < 4.78 is 0. The van der Waals surface area contributed by atoms with Gasteiger partial charge in [-0.25, -0.2) is 9.97 Å². The molecule has 1 aromatic rings. The van der Waals surface area contributed by atoms with Gasteiger partial charge in [-0.2, -0.15) is 0 Å². The first-order chi connectivity index (χ1) is 6.22. The highest BCUT2D eigenvalue weighted by atomic mass is 14.9. The Kier molecular flexibility index (Phi) is 3.83. The molecule has 0 aromatic carbocycles. The maximum atomic E-state index is 4.22. The summed E-state index contributed by atoms with van der Waals surface area (Å²) in [7, 11) is 0. The van der Waals surface area contributed by atoms with Crippen LogP contribution in [0.5, 0.6) is 0 Å². The monoisotopic (exact) mass is 179 g/mol. The number of nitrogens with zero attached hydrogens (tertiary/aromatic N) is 2. The molecule has 0 aliphatic carbocycles. The summed E-state index contributed by atoms with van der Waals surface area (Å²) in [6, 6.07) is 0.505. The van der Waals surface area contributed by atoms with Crippen LogP contribution in [0.2, 0.25) is 0 Å². The molecule has 3 nitrogen and oxygen atoms in total. The topological polar surface area (TPSA) is 37.8 Å². The fourth-order valence-corrected chi connectivity index (χ4v) is 0.977. The third-order valence-electron chi connectivity index (χ3n) is 1.79. The van der Waals surface area contributed by atoms with Crippen molar-refractivity contribution in [1.29, 1.82) is 0 Å². The summed E-state index contributed by atoms with van der Waals surface area (Å²) in [6.45, 7) is 7.16. The van der Waals surface area contributed by atoms with Crippen molar-refractivity contribution in [2.24, 2.45) is 0 Å². The van der Waals surface area contributed by atoms with Crippen molar-refractivity contribution in [1.82, 2.24) is 15.3 Å². The minimum absolute atomic E-state index is 0.505. The molecular weight excluding hydrogens is 162 g/mol. The fraction of sp³-hybridized carbons (Fsp3) is 0.600. The number of aryl methyl sites for hydroxylation is 1. The Labute approximate surface area is 79.6 Å². The molecule has 1 aromatic heterocycles. The second-order valence-corrected chi connectivity index (χ2v) is 3.40. The zero-order valence-electron chi connectivity index (χ0n) is 8.54. The van der Waals surface area contributed by atoms with Crippen molar-refractivity contribution in [2.45, 2.75) is 39.8 Å². The Morgan fingerprint density at radius 3 is 2.38 bits per heavy atom. The molecule has 0 fully saturated rings. The molecule has 13 heavy (non-hydrogen) atoms. The molecule has 1 rings (SSSR count). The van der Waals surface area contributed by atoms with Crippen molar-refractivity contribution in [3.63, 3.8) is 0 Å². The van der Waals surface area contributed by atoms with E-state index in [0.29, 0.717) is 6.04 Å². The van der Waals surface area contributed by atoms with E-state index in [1.54, 1.807) is 0 Å². The predicted molar refractivity (Wildman–Crippen MR) is 53.4 cm³/mol. The van der Waals surface area contributed by atoms with Gasteiger partial charge in [0.1, 0.15) is 5.82 Å². The molecule has 0 unspecified atom stereocenters. The van der Waals surface area contributed by atoms with Crippen LogP contribution in [0.3, 0.4) is 0 Å². The molecule has 0 radical (unpaired) electrons. The molecule has 1 N–H and O–H groups in total. The lowest BCUT2D eigenvalue weighted by Gasteiger charge is -2.07. The van der Waals surface area contributed by atoms with Gasteiger partial charge in [-0.05, 0) is 0 Å². The first kappa shape index (κ1) is 10.1. The fourth-order valence-electron chi connectivity index (χ4n) is 0.977. The summed E-state index contributed by atoms with van der Waals surface area (Å²) in [6.07, 6.45) is 4.68. The first-order valence-electron chi connectivity index (χ1n) is 4.75. The lowest BCUT2D eigenvalue weighted by atomic mass is 10.3. The van der Waals surface area contributed by atoms with Crippen molar-refractivity contribution >= 4 is 0 Å². The number of rotatable bonds is 4. The van der Waals surface area contributed by atoms with E-state index in [-0.39, 0.29) is 0 Å². The van der Waals surface area contributed by atoms with Crippen molar-refractivity contribution in [3.05, 3.63) is 23.8 Å². The number of hydrogen-bond acceptors (Lipinski definition) is 3. The quantitative estimate of drug-likeness (QED) is 0.761. The number of hydrogen-bond donors (Lipinski definition) is 1. The van der Waals surface area contributed by atoms with Crippen LogP contribution in [0.1, 0.15) is 32.2 Å². The van der Waals surface area contributed by atoms with Crippen molar-refractivity contribution < 1.29 is 0 Å². The van der Waals surface area contributed by atoms with Crippen LogP contribution in [0.15, 0.2) is 12.4 Å². The molecule has 0 aliphatic rings. The van der Waals surface area contributed by atoms with Crippen LogP contribution in [0.4, 0.5) is 0 Å². The third kappa shape index (κ3) is 3.51. The summed E-state index contributed by atoms with van der Waals surface area (Å²) >= 11 is 0. The van der Waals surface area contributed by atoms with Crippen LogP contribution in [-0.2, 0) is 13.0 Å². The van der Waals surface area contributed by atoms with Crippen LogP contribution >= 0.6 is 0 Å². The molecule has 0 amide bonds. The van der Waals surface area contributed by atoms with E-state index in [2.05, 4.69) is 36.1 Å². The number of aromatic nitrogens is 2. The van der Waals surface area contributed by atoms with Gasteiger partial charge >= 0.3 is 0 Å². The van der Waals surface area contributed by atoms with Crippen molar-refractivity contribution in [3.8, 4) is 0 Å². The molecule has 72 valence electrons. The molecule has 3 heteroatoms. The Morgan fingerprint density at radius 1 is 1.31 bits per heavy atom. The van der Waals surface area contributed by atoms with E-state index in [0.717, 1.165) is 24.4 Å². The van der Waals surface area contributed by atoms with Gasteiger partial charge in [0.25, 0.3) is 0 Å². The van der Waals surface area contributed by atoms with Gasteiger partial charge < -0.3 is 5.32 Å². The highest BCUT2D eigenvalue weighted by Gasteiger charge is 1.96. The molecule has 0 saturated carbocycles. The molecule has 0 spiro atoms. The summed E-state index contributed by atoms with van der Waals surface area (Å²) in [4.78, 5) is 8.45. The molecule has 0 aliphatic heterocycles. The molecule has 0 bridgehead atoms. The average molecular weight is 179 g/mol. The van der Waals surface area contributed by atoms with E-state index in [4.69, 9.17) is 0 Å². The smallest absolute Gasteiger partial charge is 0.127 e. The largest absolute Gasteiger partial charge is 0.310 e. The minimum Gasteiger partial charge on any atom is -0.310 e. The van der Waals surface area contributed by atoms with E-state index < -0.39 is 0 Å². The van der Waals surface area contributed by atoms with Crippen LogP contribution in [0, 0.1) is 0 Å². The van der Waals surface area contributed by atoms with E-state index in [9.17, 15) is 0 Å². The van der Waals surface area contributed by atoms with E-state index >= 15 is 0 Å². The summed E-state index contributed by atoms with van der Waals surface area (Å²) in [5.41, 5.74) is 1.14. The Morgan fingerprint density at radius 2 is 1.92 bits per heavy atom.